The van der Waals surface area contributed by atoms with Crippen LogP contribution in [-0.2, 0) is 10.2 Å². The van der Waals surface area contributed by atoms with Gasteiger partial charge in [-0.1, -0.05) is 24.3 Å². The minimum atomic E-state index is -4.77. The largest absolute Gasteiger partial charge is 0.573 e. The number of carbonyl (C=O) groups is 1. The molecular formula is C18H16F3NO2. The number of carbonyl (C=O) groups excluding carboxylic acids is 1. The van der Waals surface area contributed by atoms with Crippen LogP contribution in [0.1, 0.15) is 25.0 Å². The number of para-hydroxylation sites is 1. The maximum atomic E-state index is 12.6. The maximum absolute atomic E-state index is 12.6. The van der Waals surface area contributed by atoms with E-state index >= 15 is 0 Å². The molecule has 1 heterocycles. The maximum Gasteiger partial charge on any atom is 0.573 e. The molecule has 0 radical (unpaired) electrons. The fourth-order valence-corrected chi connectivity index (χ4v) is 2.92. The molecule has 6 heteroatoms. The molecule has 0 saturated carbocycles. The lowest BCUT2D eigenvalue weighted by Crippen LogP contribution is -2.26. The first-order valence-corrected chi connectivity index (χ1v) is 7.41. The Morgan fingerprint density at radius 1 is 1.08 bits per heavy atom. The van der Waals surface area contributed by atoms with Crippen molar-refractivity contribution >= 4 is 11.6 Å². The highest BCUT2D eigenvalue weighted by molar-refractivity contribution is 6.06. The van der Waals surface area contributed by atoms with Crippen molar-refractivity contribution in [2.45, 2.75) is 32.5 Å². The normalized spacial score (nSPS) is 15.8. The fourth-order valence-electron chi connectivity index (χ4n) is 2.92. The Kier molecular flexibility index (Phi) is 3.59. The summed E-state index contributed by atoms with van der Waals surface area (Å²) in [6, 6.07) is 9.52. The van der Waals surface area contributed by atoms with Crippen molar-refractivity contribution < 1.29 is 22.7 Å². The van der Waals surface area contributed by atoms with Crippen molar-refractivity contribution in [1.82, 2.24) is 0 Å². The molecule has 0 spiro atoms. The lowest BCUT2D eigenvalue weighted by atomic mass is 9.84. The van der Waals surface area contributed by atoms with Crippen LogP contribution in [0.15, 0.2) is 36.4 Å². The van der Waals surface area contributed by atoms with E-state index in [1.807, 2.05) is 19.9 Å². The van der Waals surface area contributed by atoms with Crippen molar-refractivity contribution in [2.24, 2.45) is 0 Å². The zero-order chi connectivity index (χ0) is 17.7. The van der Waals surface area contributed by atoms with Gasteiger partial charge in [-0.3, -0.25) is 4.79 Å². The molecule has 3 rings (SSSR count). The average molecular weight is 335 g/mol. The molecule has 1 aliphatic heterocycles. The van der Waals surface area contributed by atoms with Crippen LogP contribution in [0, 0.1) is 6.92 Å². The van der Waals surface area contributed by atoms with Crippen LogP contribution >= 0.6 is 0 Å². The van der Waals surface area contributed by atoms with Crippen LogP contribution in [0.4, 0.5) is 18.9 Å². The zero-order valence-electron chi connectivity index (χ0n) is 13.4. The van der Waals surface area contributed by atoms with Gasteiger partial charge in [0, 0.05) is 11.3 Å². The first-order chi connectivity index (χ1) is 11.1. The summed E-state index contributed by atoms with van der Waals surface area (Å²) in [6.07, 6.45) is -4.77. The number of halogens is 3. The topological polar surface area (TPSA) is 38.3 Å². The van der Waals surface area contributed by atoms with Crippen LogP contribution < -0.4 is 10.1 Å². The van der Waals surface area contributed by atoms with Gasteiger partial charge < -0.3 is 10.1 Å². The Balaban J connectivity index is 2.13. The Labute approximate surface area is 137 Å². The summed E-state index contributed by atoms with van der Waals surface area (Å²) >= 11 is 0. The van der Waals surface area contributed by atoms with Crippen LogP contribution in [0.3, 0.4) is 0 Å². The van der Waals surface area contributed by atoms with Gasteiger partial charge in [0.2, 0.25) is 5.91 Å². The van der Waals surface area contributed by atoms with Crippen molar-refractivity contribution in [2.75, 3.05) is 5.32 Å². The molecule has 1 N–H and O–H groups in total. The number of nitrogens with one attached hydrogen (secondary N) is 1. The summed E-state index contributed by atoms with van der Waals surface area (Å²) in [5.41, 5.74) is 2.48. The van der Waals surface area contributed by atoms with Gasteiger partial charge in [0.15, 0.2) is 0 Å². The van der Waals surface area contributed by atoms with Gasteiger partial charge in [0.05, 0.1) is 5.41 Å². The van der Waals surface area contributed by atoms with Crippen molar-refractivity contribution in [1.29, 1.82) is 0 Å². The molecule has 0 aliphatic carbocycles. The molecule has 0 aromatic heterocycles. The Morgan fingerprint density at radius 2 is 1.75 bits per heavy atom. The molecule has 2 aromatic carbocycles. The molecule has 0 unspecified atom stereocenters. The van der Waals surface area contributed by atoms with E-state index in [1.165, 1.54) is 12.1 Å². The van der Waals surface area contributed by atoms with E-state index in [1.54, 1.807) is 25.1 Å². The van der Waals surface area contributed by atoms with E-state index in [0.29, 0.717) is 16.8 Å². The third kappa shape index (κ3) is 2.72. The third-order valence-electron chi connectivity index (χ3n) is 4.26. The number of aryl methyl sites for hydroxylation is 1. The predicted molar refractivity (Wildman–Crippen MR) is 85.0 cm³/mol. The van der Waals surface area contributed by atoms with Crippen molar-refractivity contribution in [3.8, 4) is 16.9 Å². The molecule has 0 fully saturated rings. The van der Waals surface area contributed by atoms with Crippen LogP contribution in [0.5, 0.6) is 5.75 Å². The first kappa shape index (κ1) is 16.4. The molecule has 1 aliphatic rings. The van der Waals surface area contributed by atoms with E-state index in [0.717, 1.165) is 11.1 Å². The number of anilines is 1. The van der Waals surface area contributed by atoms with Crippen molar-refractivity contribution in [3.05, 3.63) is 47.5 Å². The molecule has 0 bridgehead atoms. The summed E-state index contributed by atoms with van der Waals surface area (Å²) < 4.78 is 42.0. The van der Waals surface area contributed by atoms with Crippen molar-refractivity contribution in [3.63, 3.8) is 0 Å². The minimum absolute atomic E-state index is 0.131. The lowest BCUT2D eigenvalue weighted by Gasteiger charge is -2.18. The van der Waals surface area contributed by atoms with Gasteiger partial charge in [-0.05, 0) is 49.6 Å². The average Bonchev–Trinajstić information content (AvgIpc) is 2.68. The van der Waals surface area contributed by atoms with E-state index in [-0.39, 0.29) is 11.7 Å². The molecule has 126 valence electrons. The number of fused-ring (bicyclic) bond motifs is 1. The van der Waals surface area contributed by atoms with E-state index < -0.39 is 11.8 Å². The Hall–Kier alpha value is -2.50. The second kappa shape index (κ2) is 5.26. The second-order valence-corrected chi connectivity index (χ2v) is 6.34. The number of alkyl halides is 3. The van der Waals surface area contributed by atoms with Gasteiger partial charge >= 0.3 is 6.36 Å². The molecule has 24 heavy (non-hydrogen) atoms. The number of ether oxygens (including phenoxy) is 1. The van der Waals surface area contributed by atoms with Gasteiger partial charge in [0.25, 0.3) is 0 Å². The van der Waals surface area contributed by atoms with Gasteiger partial charge in [-0.25, -0.2) is 0 Å². The summed E-state index contributed by atoms with van der Waals surface area (Å²) in [4.78, 5) is 12.1. The van der Waals surface area contributed by atoms with Crippen LogP contribution in [0.2, 0.25) is 0 Å². The summed E-state index contributed by atoms with van der Waals surface area (Å²) in [7, 11) is 0. The summed E-state index contributed by atoms with van der Waals surface area (Å²) in [5, 5.41) is 2.79. The summed E-state index contributed by atoms with van der Waals surface area (Å²) in [5.74, 6) is -0.398. The fraction of sp³-hybridized carbons (Fsp3) is 0.278. The van der Waals surface area contributed by atoms with E-state index in [2.05, 4.69) is 10.1 Å². The minimum Gasteiger partial charge on any atom is -0.405 e. The number of amides is 1. The highest BCUT2D eigenvalue weighted by Crippen LogP contribution is 2.43. The van der Waals surface area contributed by atoms with Gasteiger partial charge in [-0.15, -0.1) is 13.2 Å². The summed E-state index contributed by atoms with van der Waals surface area (Å²) in [6.45, 7) is 5.43. The van der Waals surface area contributed by atoms with E-state index in [4.69, 9.17) is 0 Å². The molecule has 3 nitrogen and oxygen atoms in total. The number of hydrogen-bond donors (Lipinski definition) is 1. The van der Waals surface area contributed by atoms with E-state index in [9.17, 15) is 18.0 Å². The second-order valence-electron chi connectivity index (χ2n) is 6.34. The molecule has 1 amide bonds. The zero-order valence-corrected chi connectivity index (χ0v) is 13.4. The quantitative estimate of drug-likeness (QED) is 0.857. The number of rotatable bonds is 2. The highest BCUT2D eigenvalue weighted by Gasteiger charge is 2.39. The van der Waals surface area contributed by atoms with Gasteiger partial charge in [0.1, 0.15) is 5.75 Å². The molecule has 0 saturated heterocycles. The van der Waals surface area contributed by atoms with Crippen LogP contribution in [-0.4, -0.2) is 12.3 Å². The standard InChI is InChI=1S/C18H16F3NO2/c1-10-8-13-14(22-16(23)17(13,2)3)9-12(10)11-6-4-5-7-15(11)24-18(19,20)21/h4-9H,1-3H3,(H,22,23). The molecular weight excluding hydrogens is 319 g/mol. The smallest absolute Gasteiger partial charge is 0.405 e. The number of benzene rings is 2. The SMILES string of the molecule is Cc1cc2c(cc1-c1ccccc1OC(F)(F)F)NC(=O)C2(C)C. The number of hydrogen-bond acceptors (Lipinski definition) is 2. The third-order valence-corrected chi connectivity index (χ3v) is 4.26. The monoisotopic (exact) mass is 335 g/mol. The highest BCUT2D eigenvalue weighted by atomic mass is 19.4. The lowest BCUT2D eigenvalue weighted by molar-refractivity contribution is -0.274. The predicted octanol–water partition coefficient (Wildman–Crippen LogP) is 4.79. The first-order valence-electron chi connectivity index (χ1n) is 7.41. The van der Waals surface area contributed by atoms with Gasteiger partial charge in [-0.2, -0.15) is 0 Å². The van der Waals surface area contributed by atoms with Crippen LogP contribution in [0.25, 0.3) is 11.1 Å². The Morgan fingerprint density at radius 3 is 2.42 bits per heavy atom. The molecule has 0 atom stereocenters. The molecule has 2 aromatic rings. The Bertz CT molecular complexity index is 825.